The zero-order valence-corrected chi connectivity index (χ0v) is 11.3. The second-order valence-corrected chi connectivity index (χ2v) is 5.14. The zero-order chi connectivity index (χ0) is 12.7. The largest absolute Gasteiger partial charge is 0.192 e. The van der Waals surface area contributed by atoms with Crippen molar-refractivity contribution in [3.8, 4) is 0 Å². The summed E-state index contributed by atoms with van der Waals surface area (Å²) >= 11 is 6.28. The molecule has 0 aliphatic heterocycles. The highest BCUT2D eigenvalue weighted by atomic mass is 35.5. The Labute approximate surface area is 111 Å². The molecule has 94 valence electrons. The Balaban J connectivity index is 2.14. The van der Waals surface area contributed by atoms with Crippen LogP contribution in [0.25, 0.3) is 11.2 Å². The van der Waals surface area contributed by atoms with Crippen LogP contribution in [0.5, 0.6) is 0 Å². The summed E-state index contributed by atoms with van der Waals surface area (Å²) in [6, 6.07) is 2.03. The minimum atomic E-state index is 0.554. The third-order valence-corrected chi connectivity index (χ3v) is 4.00. The van der Waals surface area contributed by atoms with Crippen LogP contribution < -0.4 is 0 Å². The first-order valence-corrected chi connectivity index (χ1v) is 6.63. The van der Waals surface area contributed by atoms with E-state index in [1.54, 1.807) is 4.52 Å². The molecule has 5 heteroatoms. The topological polar surface area (TPSA) is 43.1 Å². The van der Waals surface area contributed by atoms with E-state index in [1.807, 2.05) is 26.0 Å². The number of halogens is 1. The van der Waals surface area contributed by atoms with Crippen LogP contribution in [0.15, 0.2) is 12.1 Å². The molecule has 0 aromatic carbocycles. The molecule has 0 atom stereocenters. The van der Waals surface area contributed by atoms with E-state index in [9.17, 15) is 0 Å². The van der Waals surface area contributed by atoms with Crippen LogP contribution >= 0.6 is 11.6 Å². The third-order valence-electron chi connectivity index (χ3n) is 3.71. The van der Waals surface area contributed by atoms with Crippen molar-refractivity contribution in [1.29, 1.82) is 0 Å². The maximum Gasteiger partial charge on any atom is 0.180 e. The average molecular weight is 263 g/mol. The minimum Gasteiger partial charge on any atom is -0.192 e. The van der Waals surface area contributed by atoms with Crippen LogP contribution in [0.2, 0.25) is 5.15 Å². The van der Waals surface area contributed by atoms with Crippen LogP contribution in [0.3, 0.4) is 0 Å². The molecular formula is C13H15ClN4. The Morgan fingerprint density at radius 1 is 1.44 bits per heavy atom. The molecule has 1 fully saturated rings. The maximum atomic E-state index is 6.28. The Hall–Kier alpha value is -1.42. The Morgan fingerprint density at radius 3 is 2.83 bits per heavy atom. The number of nitrogens with zero attached hydrogens (tertiary/aromatic N) is 4. The van der Waals surface area contributed by atoms with Gasteiger partial charge in [0.25, 0.3) is 0 Å². The summed E-state index contributed by atoms with van der Waals surface area (Å²) in [4.78, 5) is 0. The van der Waals surface area contributed by atoms with E-state index < -0.39 is 0 Å². The Kier molecular flexibility index (Phi) is 2.82. The molecule has 0 amide bonds. The number of allylic oxidation sites excluding steroid dienone is 2. The van der Waals surface area contributed by atoms with E-state index in [1.165, 1.54) is 19.3 Å². The lowest BCUT2D eigenvalue weighted by Gasteiger charge is -2.25. The first kappa shape index (κ1) is 11.7. The molecule has 2 aromatic heterocycles. The van der Waals surface area contributed by atoms with Gasteiger partial charge in [0, 0.05) is 0 Å². The summed E-state index contributed by atoms with van der Waals surface area (Å²) in [5.74, 6) is 1.31. The standard InChI is InChI=1S/C13H15ClN4/c1-3-8(2)13-16-15-11-7-10(9-5-4-6-9)12(14)17-18(11)13/h3,7,9H,4-6H2,1-2H3/b8-3+. The van der Waals surface area contributed by atoms with Gasteiger partial charge in [-0.2, -0.15) is 9.61 Å². The summed E-state index contributed by atoms with van der Waals surface area (Å²) in [5.41, 5.74) is 2.94. The predicted molar refractivity (Wildman–Crippen MR) is 71.7 cm³/mol. The molecule has 18 heavy (non-hydrogen) atoms. The van der Waals surface area contributed by atoms with Crippen molar-refractivity contribution in [1.82, 2.24) is 19.8 Å². The molecule has 0 spiro atoms. The predicted octanol–water partition coefficient (Wildman–Crippen LogP) is 3.47. The normalized spacial score (nSPS) is 17.2. The van der Waals surface area contributed by atoms with Gasteiger partial charge in [0.1, 0.15) is 0 Å². The molecule has 0 bridgehead atoms. The van der Waals surface area contributed by atoms with Crippen LogP contribution in [-0.4, -0.2) is 19.8 Å². The monoisotopic (exact) mass is 262 g/mol. The Bertz CT molecular complexity index is 625. The van der Waals surface area contributed by atoms with Gasteiger partial charge in [-0.15, -0.1) is 10.2 Å². The van der Waals surface area contributed by atoms with Gasteiger partial charge < -0.3 is 0 Å². The van der Waals surface area contributed by atoms with E-state index in [0.29, 0.717) is 11.1 Å². The van der Waals surface area contributed by atoms with Gasteiger partial charge in [-0.05, 0) is 49.8 Å². The molecule has 0 radical (unpaired) electrons. The third kappa shape index (κ3) is 1.72. The highest BCUT2D eigenvalue weighted by Gasteiger charge is 2.24. The Morgan fingerprint density at radius 2 is 2.22 bits per heavy atom. The fourth-order valence-electron chi connectivity index (χ4n) is 2.21. The van der Waals surface area contributed by atoms with E-state index >= 15 is 0 Å². The van der Waals surface area contributed by atoms with Crippen molar-refractivity contribution >= 4 is 22.8 Å². The number of fused-ring (bicyclic) bond motifs is 1. The van der Waals surface area contributed by atoms with E-state index in [0.717, 1.165) is 22.6 Å². The van der Waals surface area contributed by atoms with Gasteiger partial charge in [0.2, 0.25) is 0 Å². The molecule has 0 unspecified atom stereocenters. The average Bonchev–Trinajstić information content (AvgIpc) is 2.69. The van der Waals surface area contributed by atoms with E-state index in [-0.39, 0.29) is 0 Å². The van der Waals surface area contributed by atoms with Gasteiger partial charge in [-0.25, -0.2) is 0 Å². The summed E-state index contributed by atoms with van der Waals surface area (Å²) in [5, 5.41) is 13.4. The van der Waals surface area contributed by atoms with Crippen molar-refractivity contribution in [3.63, 3.8) is 0 Å². The maximum absolute atomic E-state index is 6.28. The van der Waals surface area contributed by atoms with Crippen LogP contribution in [0.4, 0.5) is 0 Å². The van der Waals surface area contributed by atoms with Crippen molar-refractivity contribution in [2.24, 2.45) is 0 Å². The highest BCUT2D eigenvalue weighted by molar-refractivity contribution is 6.30. The second-order valence-electron chi connectivity index (χ2n) is 4.78. The van der Waals surface area contributed by atoms with Gasteiger partial charge >= 0.3 is 0 Å². The number of rotatable bonds is 2. The SMILES string of the molecule is C/C=C(\C)c1nnc2cc(C3CCC3)c(Cl)nn12. The van der Waals surface area contributed by atoms with E-state index in [4.69, 9.17) is 11.6 Å². The smallest absolute Gasteiger partial charge is 0.180 e. The lowest BCUT2D eigenvalue weighted by Crippen LogP contribution is -2.11. The quantitative estimate of drug-likeness (QED) is 0.832. The van der Waals surface area contributed by atoms with Crippen LogP contribution in [0, 0.1) is 0 Å². The van der Waals surface area contributed by atoms with Crippen molar-refractivity contribution in [2.75, 3.05) is 0 Å². The second kappa shape index (κ2) is 4.35. The molecular weight excluding hydrogens is 248 g/mol. The molecule has 4 nitrogen and oxygen atoms in total. The molecule has 0 N–H and O–H groups in total. The molecule has 1 aliphatic rings. The number of hydrogen-bond donors (Lipinski definition) is 0. The van der Waals surface area contributed by atoms with Gasteiger partial charge in [-0.3, -0.25) is 0 Å². The summed E-state index contributed by atoms with van der Waals surface area (Å²) in [6.45, 7) is 3.96. The lowest BCUT2D eigenvalue weighted by atomic mass is 9.81. The van der Waals surface area contributed by atoms with Crippen LogP contribution in [0.1, 0.15) is 50.4 Å². The van der Waals surface area contributed by atoms with Crippen molar-refractivity contribution in [2.45, 2.75) is 39.0 Å². The molecule has 3 rings (SSSR count). The molecule has 1 aliphatic carbocycles. The molecule has 1 saturated carbocycles. The summed E-state index contributed by atoms with van der Waals surface area (Å²) in [7, 11) is 0. The van der Waals surface area contributed by atoms with Crippen LogP contribution in [-0.2, 0) is 0 Å². The summed E-state index contributed by atoms with van der Waals surface area (Å²) in [6.07, 6.45) is 5.67. The minimum absolute atomic E-state index is 0.554. The van der Waals surface area contributed by atoms with Gasteiger partial charge in [0.15, 0.2) is 16.6 Å². The first-order chi connectivity index (χ1) is 8.70. The number of hydrogen-bond acceptors (Lipinski definition) is 3. The molecule has 2 aromatic rings. The van der Waals surface area contributed by atoms with Crippen molar-refractivity contribution < 1.29 is 0 Å². The van der Waals surface area contributed by atoms with Gasteiger partial charge in [-0.1, -0.05) is 24.1 Å². The lowest BCUT2D eigenvalue weighted by molar-refractivity contribution is 0.418. The fourth-order valence-corrected chi connectivity index (χ4v) is 2.49. The first-order valence-electron chi connectivity index (χ1n) is 6.26. The van der Waals surface area contributed by atoms with E-state index in [2.05, 4.69) is 15.3 Å². The molecule has 2 heterocycles. The molecule has 0 saturated heterocycles. The number of aromatic nitrogens is 4. The fraction of sp³-hybridized carbons (Fsp3) is 0.462. The van der Waals surface area contributed by atoms with Crippen molar-refractivity contribution in [3.05, 3.63) is 28.7 Å². The summed E-state index contributed by atoms with van der Waals surface area (Å²) < 4.78 is 1.72. The highest BCUT2D eigenvalue weighted by Crippen LogP contribution is 2.39. The zero-order valence-electron chi connectivity index (χ0n) is 10.5. The van der Waals surface area contributed by atoms with Gasteiger partial charge in [0.05, 0.1) is 0 Å².